The van der Waals surface area contributed by atoms with Gasteiger partial charge in [-0.3, -0.25) is 4.79 Å². The molecule has 2 N–H and O–H groups in total. The van der Waals surface area contributed by atoms with E-state index >= 15 is 0 Å². The summed E-state index contributed by atoms with van der Waals surface area (Å²) >= 11 is 0. The smallest absolute Gasteiger partial charge is 0.223 e. The summed E-state index contributed by atoms with van der Waals surface area (Å²) in [6.45, 7) is 3.82. The molecule has 1 amide bonds. The lowest BCUT2D eigenvalue weighted by atomic mass is 9.86. The highest BCUT2D eigenvalue weighted by Crippen LogP contribution is 2.25. The van der Waals surface area contributed by atoms with Gasteiger partial charge < -0.3 is 10.1 Å². The first-order valence-corrected chi connectivity index (χ1v) is 10.3. The van der Waals surface area contributed by atoms with Crippen molar-refractivity contribution in [3.8, 4) is 5.75 Å². The van der Waals surface area contributed by atoms with Crippen LogP contribution in [0.3, 0.4) is 0 Å². The van der Waals surface area contributed by atoms with E-state index in [0.29, 0.717) is 32.2 Å². The minimum absolute atomic E-state index is 0.0426. The van der Waals surface area contributed by atoms with Crippen LogP contribution < -0.4 is 14.8 Å². The third kappa shape index (κ3) is 5.71. The molecule has 0 atom stereocenters. The zero-order valence-electron chi connectivity index (χ0n) is 15.1. The number of sulfonamides is 1. The summed E-state index contributed by atoms with van der Waals surface area (Å²) in [5.41, 5.74) is 1.02. The maximum absolute atomic E-state index is 12.3. The highest BCUT2D eigenvalue weighted by molar-refractivity contribution is 7.90. The molecule has 0 spiro atoms. The highest BCUT2D eigenvalue weighted by atomic mass is 32.2. The normalized spacial score (nSPS) is 21.1. The molecule has 7 heteroatoms. The van der Waals surface area contributed by atoms with E-state index < -0.39 is 15.3 Å². The number of carbonyl (C=O) groups excluding carboxylic acids is 1. The molecule has 25 heavy (non-hydrogen) atoms. The molecule has 1 aliphatic rings. The molecule has 1 aliphatic carbocycles. The Kier molecular flexibility index (Phi) is 6.84. The predicted octanol–water partition coefficient (Wildman–Crippen LogP) is 2.20. The van der Waals surface area contributed by atoms with E-state index in [1.807, 2.05) is 24.3 Å². The summed E-state index contributed by atoms with van der Waals surface area (Å²) in [7, 11) is -1.63. The molecule has 1 aromatic carbocycles. The molecule has 0 saturated heterocycles. The number of amides is 1. The second-order valence-corrected chi connectivity index (χ2v) is 9.09. The average Bonchev–Trinajstić information content (AvgIpc) is 2.60. The molecule has 0 unspecified atom stereocenters. The molecule has 0 aliphatic heterocycles. The first-order chi connectivity index (χ1) is 11.8. The Morgan fingerprint density at radius 2 is 1.76 bits per heavy atom. The number of rotatable bonds is 7. The van der Waals surface area contributed by atoms with Crippen LogP contribution in [0.4, 0.5) is 0 Å². The summed E-state index contributed by atoms with van der Waals surface area (Å²) in [6, 6.07) is 7.53. The Morgan fingerprint density at radius 1 is 1.16 bits per heavy atom. The first-order valence-electron chi connectivity index (χ1n) is 8.73. The van der Waals surface area contributed by atoms with Gasteiger partial charge in [-0.05, 0) is 57.2 Å². The number of ether oxygens (including phenoxy) is 1. The fourth-order valence-corrected chi connectivity index (χ4v) is 3.89. The van der Waals surface area contributed by atoms with Gasteiger partial charge in [-0.2, -0.15) is 0 Å². The van der Waals surface area contributed by atoms with E-state index in [9.17, 15) is 13.2 Å². The Balaban J connectivity index is 1.77. The summed E-state index contributed by atoms with van der Waals surface area (Å²) in [6.07, 6.45) is 2.82. The van der Waals surface area contributed by atoms with Crippen LogP contribution in [0.15, 0.2) is 24.3 Å². The zero-order valence-corrected chi connectivity index (χ0v) is 15.9. The third-order valence-electron chi connectivity index (χ3n) is 4.68. The quantitative estimate of drug-likeness (QED) is 0.773. The van der Waals surface area contributed by atoms with E-state index in [0.717, 1.165) is 11.3 Å². The van der Waals surface area contributed by atoms with Crippen molar-refractivity contribution < 1.29 is 17.9 Å². The molecule has 1 aromatic rings. The number of nitrogens with one attached hydrogen (secondary N) is 2. The van der Waals surface area contributed by atoms with E-state index in [4.69, 9.17) is 4.74 Å². The van der Waals surface area contributed by atoms with Crippen molar-refractivity contribution in [2.24, 2.45) is 5.92 Å². The standard InChI is InChI=1S/C18H28N2O4S/c1-13(2)25(22,23)20-16-8-6-15(7-9-16)18(21)19-12-14-4-10-17(24-3)11-5-14/h4-5,10-11,13,15-16,20H,6-9,12H2,1-3H3,(H,19,21). The Hall–Kier alpha value is -1.60. The lowest BCUT2D eigenvalue weighted by Gasteiger charge is -2.28. The van der Waals surface area contributed by atoms with Crippen LogP contribution in [0.2, 0.25) is 0 Å². The van der Waals surface area contributed by atoms with E-state index in [2.05, 4.69) is 10.0 Å². The van der Waals surface area contributed by atoms with Crippen molar-refractivity contribution in [3.05, 3.63) is 29.8 Å². The second kappa shape index (κ2) is 8.67. The second-order valence-electron chi connectivity index (χ2n) is 6.83. The van der Waals surface area contributed by atoms with Crippen LogP contribution in [0, 0.1) is 5.92 Å². The molecule has 1 fully saturated rings. The number of hydrogen-bond acceptors (Lipinski definition) is 4. The van der Waals surface area contributed by atoms with Crippen LogP contribution in [0.25, 0.3) is 0 Å². The van der Waals surface area contributed by atoms with Crippen molar-refractivity contribution in [2.45, 2.75) is 57.4 Å². The molecule has 0 heterocycles. The number of carbonyl (C=O) groups is 1. The van der Waals surface area contributed by atoms with Crippen LogP contribution in [-0.2, 0) is 21.4 Å². The van der Waals surface area contributed by atoms with Crippen molar-refractivity contribution >= 4 is 15.9 Å². The molecule has 0 radical (unpaired) electrons. The molecule has 140 valence electrons. The highest BCUT2D eigenvalue weighted by Gasteiger charge is 2.29. The Labute approximate surface area is 150 Å². The molecule has 2 rings (SSSR count). The van der Waals surface area contributed by atoms with Gasteiger partial charge in [0.25, 0.3) is 0 Å². The van der Waals surface area contributed by atoms with Gasteiger partial charge in [0, 0.05) is 18.5 Å². The molecule has 6 nitrogen and oxygen atoms in total. The molecule has 1 saturated carbocycles. The van der Waals surface area contributed by atoms with E-state index in [1.54, 1.807) is 21.0 Å². The topological polar surface area (TPSA) is 84.5 Å². The van der Waals surface area contributed by atoms with Crippen LogP contribution in [0.1, 0.15) is 45.1 Å². The van der Waals surface area contributed by atoms with Crippen molar-refractivity contribution in [1.82, 2.24) is 10.0 Å². The monoisotopic (exact) mass is 368 g/mol. The van der Waals surface area contributed by atoms with Crippen molar-refractivity contribution in [3.63, 3.8) is 0 Å². The maximum Gasteiger partial charge on any atom is 0.223 e. The van der Waals surface area contributed by atoms with Gasteiger partial charge in [0.1, 0.15) is 5.75 Å². The van der Waals surface area contributed by atoms with Crippen molar-refractivity contribution in [2.75, 3.05) is 7.11 Å². The fourth-order valence-electron chi connectivity index (χ4n) is 2.92. The van der Waals surface area contributed by atoms with Gasteiger partial charge in [0.2, 0.25) is 15.9 Å². The predicted molar refractivity (Wildman–Crippen MR) is 97.8 cm³/mol. The minimum atomic E-state index is -3.25. The average molecular weight is 368 g/mol. The van der Waals surface area contributed by atoms with Gasteiger partial charge in [-0.1, -0.05) is 12.1 Å². The number of benzene rings is 1. The lowest BCUT2D eigenvalue weighted by molar-refractivity contribution is -0.126. The summed E-state index contributed by atoms with van der Waals surface area (Å²) < 4.78 is 31.7. The van der Waals surface area contributed by atoms with Gasteiger partial charge in [0.15, 0.2) is 0 Å². The lowest BCUT2D eigenvalue weighted by Crippen LogP contribution is -2.43. The first kappa shape index (κ1) is 19.7. The van der Waals surface area contributed by atoms with E-state index in [1.165, 1.54) is 0 Å². The largest absolute Gasteiger partial charge is 0.497 e. The fraction of sp³-hybridized carbons (Fsp3) is 0.611. The maximum atomic E-state index is 12.3. The van der Waals surface area contributed by atoms with Crippen LogP contribution >= 0.6 is 0 Å². The van der Waals surface area contributed by atoms with Crippen molar-refractivity contribution in [1.29, 1.82) is 0 Å². The molecule has 0 aromatic heterocycles. The van der Waals surface area contributed by atoms with Gasteiger partial charge >= 0.3 is 0 Å². The minimum Gasteiger partial charge on any atom is -0.497 e. The van der Waals surface area contributed by atoms with Gasteiger partial charge in [-0.25, -0.2) is 13.1 Å². The number of hydrogen-bond donors (Lipinski definition) is 2. The molecular weight excluding hydrogens is 340 g/mol. The zero-order chi connectivity index (χ0) is 18.4. The Morgan fingerprint density at radius 3 is 2.28 bits per heavy atom. The Bertz CT molecular complexity index is 663. The van der Waals surface area contributed by atoms with Crippen LogP contribution in [0.5, 0.6) is 5.75 Å². The molecule has 0 bridgehead atoms. The summed E-state index contributed by atoms with van der Waals surface area (Å²) in [5.74, 6) is 0.788. The third-order valence-corrected chi connectivity index (χ3v) is 6.58. The molecular formula is C18H28N2O4S. The SMILES string of the molecule is COc1ccc(CNC(=O)C2CCC(NS(=O)(=O)C(C)C)CC2)cc1. The van der Waals surface area contributed by atoms with E-state index in [-0.39, 0.29) is 17.9 Å². The van der Waals surface area contributed by atoms with Gasteiger partial charge in [-0.15, -0.1) is 0 Å². The van der Waals surface area contributed by atoms with Gasteiger partial charge in [0.05, 0.1) is 12.4 Å². The number of methoxy groups -OCH3 is 1. The van der Waals surface area contributed by atoms with Crippen LogP contribution in [-0.4, -0.2) is 32.7 Å². The summed E-state index contributed by atoms with van der Waals surface area (Å²) in [4.78, 5) is 12.3. The summed E-state index contributed by atoms with van der Waals surface area (Å²) in [5, 5.41) is 2.54.